The quantitative estimate of drug-likeness (QED) is 0.876. The van der Waals surface area contributed by atoms with Crippen LogP contribution in [-0.4, -0.2) is 48.2 Å². The number of ether oxygens (including phenoxy) is 1. The number of nitrogens with one attached hydrogen (secondary N) is 2. The topological polar surface area (TPSA) is 65.5 Å². The van der Waals surface area contributed by atoms with Gasteiger partial charge in [0.15, 0.2) is 5.82 Å². The number of piperazine rings is 1. The lowest BCUT2D eigenvalue weighted by atomic mass is 9.97. The molecule has 2 aliphatic rings. The standard InChI is InChI=1S/C18H24N6O/c1-3-18(23-10-8-19-9-11-23)14-12-20-13-21-17(14)24(22-18)15-6-4-5-7-16(15)25-2/h4-7,12-13,19,22H,3,8-11H2,1-2H3. The maximum Gasteiger partial charge on any atom is 0.157 e. The minimum atomic E-state index is -0.306. The van der Waals surface area contributed by atoms with Crippen LogP contribution in [0.2, 0.25) is 0 Å². The number of hydrogen-bond acceptors (Lipinski definition) is 7. The molecule has 2 aromatic rings. The fourth-order valence-electron chi connectivity index (χ4n) is 3.86. The Morgan fingerprint density at radius 3 is 2.80 bits per heavy atom. The zero-order chi connectivity index (χ0) is 17.3. The first-order valence-electron chi connectivity index (χ1n) is 8.77. The van der Waals surface area contributed by atoms with Gasteiger partial charge >= 0.3 is 0 Å². The highest BCUT2D eigenvalue weighted by Gasteiger charge is 2.47. The molecule has 2 N–H and O–H groups in total. The number of nitrogens with zero attached hydrogens (tertiary/aromatic N) is 4. The Morgan fingerprint density at radius 1 is 1.24 bits per heavy atom. The summed E-state index contributed by atoms with van der Waals surface area (Å²) in [5, 5.41) is 5.47. The van der Waals surface area contributed by atoms with Crippen LogP contribution in [0.15, 0.2) is 36.8 Å². The maximum absolute atomic E-state index is 5.57. The van der Waals surface area contributed by atoms with Gasteiger partial charge < -0.3 is 10.1 Å². The summed E-state index contributed by atoms with van der Waals surface area (Å²) >= 11 is 0. The second kappa shape index (κ2) is 6.59. The molecule has 7 nitrogen and oxygen atoms in total. The molecule has 0 bridgehead atoms. The van der Waals surface area contributed by atoms with E-state index in [0.717, 1.165) is 55.4 Å². The van der Waals surface area contributed by atoms with Crippen LogP contribution in [0.25, 0.3) is 0 Å². The van der Waals surface area contributed by atoms with Gasteiger partial charge in [0.1, 0.15) is 23.4 Å². The van der Waals surface area contributed by atoms with Crippen molar-refractivity contribution in [2.75, 3.05) is 38.3 Å². The SMILES string of the molecule is CCC1(N2CCNCC2)NN(c2ccccc2OC)c2ncncc21. The highest BCUT2D eigenvalue weighted by Crippen LogP contribution is 2.45. The van der Waals surface area contributed by atoms with E-state index in [1.165, 1.54) is 0 Å². The summed E-state index contributed by atoms with van der Waals surface area (Å²) in [6.07, 6.45) is 4.46. The molecule has 2 aliphatic heterocycles. The maximum atomic E-state index is 5.57. The van der Waals surface area contributed by atoms with Crippen molar-refractivity contribution < 1.29 is 4.74 Å². The van der Waals surface area contributed by atoms with Gasteiger partial charge in [0.05, 0.1) is 12.7 Å². The smallest absolute Gasteiger partial charge is 0.157 e. The summed E-state index contributed by atoms with van der Waals surface area (Å²) in [5.41, 5.74) is 5.49. The second-order valence-electron chi connectivity index (χ2n) is 6.33. The molecule has 0 saturated carbocycles. The van der Waals surface area contributed by atoms with Crippen LogP contribution >= 0.6 is 0 Å². The normalized spacial score (nSPS) is 23.5. The first kappa shape index (κ1) is 16.3. The second-order valence-corrected chi connectivity index (χ2v) is 6.33. The van der Waals surface area contributed by atoms with Crippen molar-refractivity contribution in [1.29, 1.82) is 0 Å². The Balaban J connectivity index is 1.82. The minimum Gasteiger partial charge on any atom is -0.495 e. The number of rotatable bonds is 4. The van der Waals surface area contributed by atoms with Gasteiger partial charge in [0.2, 0.25) is 0 Å². The Labute approximate surface area is 148 Å². The monoisotopic (exact) mass is 340 g/mol. The number of hydrazine groups is 1. The van der Waals surface area contributed by atoms with Gasteiger partial charge in [0, 0.05) is 32.4 Å². The van der Waals surface area contributed by atoms with Crippen molar-refractivity contribution in [3.05, 3.63) is 42.4 Å². The predicted molar refractivity (Wildman–Crippen MR) is 96.7 cm³/mol. The predicted octanol–water partition coefficient (Wildman–Crippen LogP) is 1.61. The van der Waals surface area contributed by atoms with Crippen molar-refractivity contribution in [1.82, 2.24) is 25.6 Å². The van der Waals surface area contributed by atoms with Gasteiger partial charge in [-0.1, -0.05) is 19.1 Å². The van der Waals surface area contributed by atoms with E-state index in [4.69, 9.17) is 4.74 Å². The molecule has 0 spiro atoms. The van der Waals surface area contributed by atoms with Gasteiger partial charge in [0.25, 0.3) is 0 Å². The average Bonchev–Trinajstić information content (AvgIpc) is 3.04. The van der Waals surface area contributed by atoms with E-state index < -0.39 is 0 Å². The summed E-state index contributed by atoms with van der Waals surface area (Å²) in [7, 11) is 1.69. The van der Waals surface area contributed by atoms with Crippen molar-refractivity contribution in [3.8, 4) is 5.75 Å². The molecule has 25 heavy (non-hydrogen) atoms. The van der Waals surface area contributed by atoms with E-state index in [0.29, 0.717) is 0 Å². The molecule has 0 aliphatic carbocycles. The van der Waals surface area contributed by atoms with Gasteiger partial charge in [-0.05, 0) is 18.6 Å². The number of fused-ring (bicyclic) bond motifs is 1. The lowest BCUT2D eigenvalue weighted by Crippen LogP contribution is -2.60. The summed E-state index contributed by atoms with van der Waals surface area (Å²) in [4.78, 5) is 11.4. The molecule has 1 saturated heterocycles. The van der Waals surface area contributed by atoms with E-state index >= 15 is 0 Å². The number of benzene rings is 1. The van der Waals surface area contributed by atoms with Gasteiger partial charge in [-0.15, -0.1) is 0 Å². The summed E-state index contributed by atoms with van der Waals surface area (Å²) < 4.78 is 5.57. The molecule has 7 heteroatoms. The number of anilines is 2. The lowest BCUT2D eigenvalue weighted by molar-refractivity contribution is 0.0446. The summed E-state index contributed by atoms with van der Waals surface area (Å²) in [6, 6.07) is 8.00. The van der Waals surface area contributed by atoms with Crippen LogP contribution in [0.4, 0.5) is 11.5 Å². The number of methoxy groups -OCH3 is 1. The van der Waals surface area contributed by atoms with Crippen molar-refractivity contribution in [2.24, 2.45) is 0 Å². The molecule has 3 heterocycles. The van der Waals surface area contributed by atoms with Crippen molar-refractivity contribution in [3.63, 3.8) is 0 Å². The first-order valence-corrected chi connectivity index (χ1v) is 8.77. The Bertz CT molecular complexity index is 748. The third-order valence-corrected chi connectivity index (χ3v) is 5.14. The molecule has 0 radical (unpaired) electrons. The van der Waals surface area contributed by atoms with Crippen LogP contribution in [0, 0.1) is 0 Å². The van der Waals surface area contributed by atoms with E-state index in [-0.39, 0.29) is 5.66 Å². The Morgan fingerprint density at radius 2 is 2.04 bits per heavy atom. The number of hydrogen-bond donors (Lipinski definition) is 2. The van der Waals surface area contributed by atoms with Crippen molar-refractivity contribution >= 4 is 11.5 Å². The zero-order valence-electron chi connectivity index (χ0n) is 14.7. The van der Waals surface area contributed by atoms with Gasteiger partial charge in [-0.25, -0.2) is 15.4 Å². The number of para-hydroxylation sites is 2. The van der Waals surface area contributed by atoms with Gasteiger partial charge in [-0.3, -0.25) is 9.91 Å². The third-order valence-electron chi connectivity index (χ3n) is 5.14. The highest BCUT2D eigenvalue weighted by molar-refractivity contribution is 5.71. The van der Waals surface area contributed by atoms with Crippen LogP contribution in [0.1, 0.15) is 18.9 Å². The van der Waals surface area contributed by atoms with E-state index in [9.17, 15) is 0 Å². The summed E-state index contributed by atoms with van der Waals surface area (Å²) in [5.74, 6) is 1.70. The van der Waals surface area contributed by atoms with E-state index in [1.54, 1.807) is 13.4 Å². The zero-order valence-corrected chi connectivity index (χ0v) is 14.7. The van der Waals surface area contributed by atoms with Crippen LogP contribution in [0.5, 0.6) is 5.75 Å². The molecule has 0 amide bonds. The number of aromatic nitrogens is 2. The third kappa shape index (κ3) is 2.55. The first-order chi connectivity index (χ1) is 12.3. The highest BCUT2D eigenvalue weighted by atomic mass is 16.5. The Hall–Kier alpha value is -2.22. The van der Waals surface area contributed by atoms with Crippen LogP contribution in [-0.2, 0) is 5.66 Å². The van der Waals surface area contributed by atoms with E-state index in [2.05, 4.69) is 32.5 Å². The molecule has 1 aromatic heterocycles. The fraction of sp³-hybridized carbons (Fsp3) is 0.444. The lowest BCUT2D eigenvalue weighted by Gasteiger charge is -2.43. The average molecular weight is 340 g/mol. The Kier molecular flexibility index (Phi) is 4.29. The fourth-order valence-corrected chi connectivity index (χ4v) is 3.86. The molecule has 1 fully saturated rings. The summed E-state index contributed by atoms with van der Waals surface area (Å²) in [6.45, 7) is 6.14. The van der Waals surface area contributed by atoms with E-state index in [1.807, 2.05) is 35.5 Å². The van der Waals surface area contributed by atoms with Crippen LogP contribution in [0.3, 0.4) is 0 Å². The molecular weight excluding hydrogens is 316 g/mol. The van der Waals surface area contributed by atoms with Crippen LogP contribution < -0.4 is 20.5 Å². The molecular formula is C18H24N6O. The largest absolute Gasteiger partial charge is 0.495 e. The van der Waals surface area contributed by atoms with Gasteiger partial charge in [-0.2, -0.15) is 0 Å². The molecule has 1 aromatic carbocycles. The molecule has 132 valence electrons. The molecule has 4 rings (SSSR count). The van der Waals surface area contributed by atoms with Crippen molar-refractivity contribution in [2.45, 2.75) is 19.0 Å². The minimum absolute atomic E-state index is 0.306. The molecule has 1 unspecified atom stereocenters. The molecule has 1 atom stereocenters.